The summed E-state index contributed by atoms with van der Waals surface area (Å²) < 4.78 is 18.5. The van der Waals surface area contributed by atoms with E-state index in [0.717, 1.165) is 0 Å². The molecule has 0 fully saturated rings. The van der Waals surface area contributed by atoms with Gasteiger partial charge in [-0.2, -0.15) is 4.98 Å². The molecule has 0 aliphatic heterocycles. The summed E-state index contributed by atoms with van der Waals surface area (Å²) in [5.41, 5.74) is 1.32. The Morgan fingerprint density at radius 1 is 1.16 bits per heavy atom. The van der Waals surface area contributed by atoms with E-state index in [9.17, 15) is 9.18 Å². The zero-order valence-electron chi connectivity index (χ0n) is 13.1. The third kappa shape index (κ3) is 3.69. The molecular weight excluding hydrogens is 327 g/mol. The van der Waals surface area contributed by atoms with Crippen LogP contribution in [0.4, 0.5) is 16.0 Å². The van der Waals surface area contributed by atoms with Crippen LogP contribution >= 0.6 is 0 Å². The summed E-state index contributed by atoms with van der Waals surface area (Å²) in [5, 5.41) is 11.9. The second-order valence-corrected chi connectivity index (χ2v) is 4.98. The minimum atomic E-state index is -1.00. The van der Waals surface area contributed by atoms with Crippen LogP contribution in [-0.2, 0) is 0 Å². The molecule has 1 aromatic heterocycles. The largest absolute Gasteiger partial charge is 0.496 e. The highest BCUT2D eigenvalue weighted by Crippen LogP contribution is 2.28. The Kier molecular flexibility index (Phi) is 4.51. The van der Waals surface area contributed by atoms with Gasteiger partial charge < -0.3 is 15.2 Å². The molecule has 3 rings (SSSR count). The third-order valence-electron chi connectivity index (χ3n) is 3.36. The van der Waals surface area contributed by atoms with Crippen molar-refractivity contribution in [3.8, 4) is 17.1 Å². The Labute approximate surface area is 142 Å². The SMILES string of the molecule is COc1cc(F)ccc1-c1ncnc(Nc2ccc(C(=O)O)cc2)n1. The lowest BCUT2D eigenvalue weighted by molar-refractivity contribution is 0.0697. The Balaban J connectivity index is 1.88. The van der Waals surface area contributed by atoms with Gasteiger partial charge in [0.05, 0.1) is 18.2 Å². The average Bonchev–Trinajstić information content (AvgIpc) is 2.62. The topological polar surface area (TPSA) is 97.2 Å². The van der Waals surface area contributed by atoms with Crippen molar-refractivity contribution in [2.75, 3.05) is 12.4 Å². The molecule has 0 bridgehead atoms. The molecular formula is C17H13FN4O3. The number of methoxy groups -OCH3 is 1. The molecule has 0 saturated carbocycles. The number of anilines is 2. The first-order chi connectivity index (χ1) is 12.1. The fourth-order valence-electron chi connectivity index (χ4n) is 2.16. The lowest BCUT2D eigenvalue weighted by Gasteiger charge is -2.09. The Hall–Kier alpha value is -3.55. The van der Waals surface area contributed by atoms with E-state index in [4.69, 9.17) is 9.84 Å². The molecule has 7 nitrogen and oxygen atoms in total. The summed E-state index contributed by atoms with van der Waals surface area (Å²) >= 11 is 0. The van der Waals surface area contributed by atoms with Gasteiger partial charge in [-0.1, -0.05) is 0 Å². The Bertz CT molecular complexity index is 916. The number of ether oxygens (including phenoxy) is 1. The summed E-state index contributed by atoms with van der Waals surface area (Å²) in [7, 11) is 1.43. The number of carbonyl (C=O) groups is 1. The van der Waals surface area contributed by atoms with Gasteiger partial charge in [-0.15, -0.1) is 0 Å². The molecule has 2 aromatic carbocycles. The number of benzene rings is 2. The summed E-state index contributed by atoms with van der Waals surface area (Å²) in [6, 6.07) is 10.2. The van der Waals surface area contributed by atoms with E-state index in [-0.39, 0.29) is 11.5 Å². The lowest BCUT2D eigenvalue weighted by atomic mass is 10.2. The number of hydrogen-bond acceptors (Lipinski definition) is 6. The van der Waals surface area contributed by atoms with E-state index in [1.807, 2.05) is 0 Å². The molecule has 0 unspecified atom stereocenters. The fourth-order valence-corrected chi connectivity index (χ4v) is 2.16. The number of hydrogen-bond donors (Lipinski definition) is 2. The van der Waals surface area contributed by atoms with Crippen molar-refractivity contribution >= 4 is 17.6 Å². The molecule has 2 N–H and O–H groups in total. The highest BCUT2D eigenvalue weighted by Gasteiger charge is 2.11. The van der Waals surface area contributed by atoms with Crippen LogP contribution in [0.1, 0.15) is 10.4 Å². The number of aromatic carboxylic acids is 1. The predicted octanol–water partition coefficient (Wildman–Crippen LogP) is 3.13. The van der Waals surface area contributed by atoms with Crippen molar-refractivity contribution in [2.24, 2.45) is 0 Å². The van der Waals surface area contributed by atoms with Gasteiger partial charge in [0.2, 0.25) is 5.95 Å². The van der Waals surface area contributed by atoms with Crippen molar-refractivity contribution in [2.45, 2.75) is 0 Å². The van der Waals surface area contributed by atoms with E-state index < -0.39 is 11.8 Å². The highest BCUT2D eigenvalue weighted by molar-refractivity contribution is 5.88. The first kappa shape index (κ1) is 16.3. The summed E-state index contributed by atoms with van der Waals surface area (Å²) in [4.78, 5) is 23.3. The van der Waals surface area contributed by atoms with E-state index in [0.29, 0.717) is 22.8 Å². The molecule has 0 spiro atoms. The first-order valence-electron chi connectivity index (χ1n) is 7.20. The molecule has 0 amide bonds. The second kappa shape index (κ2) is 6.91. The van der Waals surface area contributed by atoms with E-state index >= 15 is 0 Å². The van der Waals surface area contributed by atoms with Crippen LogP contribution in [0.15, 0.2) is 48.8 Å². The molecule has 0 atom stereocenters. The molecule has 126 valence electrons. The highest BCUT2D eigenvalue weighted by atomic mass is 19.1. The Morgan fingerprint density at radius 3 is 2.60 bits per heavy atom. The van der Waals surface area contributed by atoms with Gasteiger partial charge in [-0.3, -0.25) is 0 Å². The second-order valence-electron chi connectivity index (χ2n) is 4.98. The van der Waals surface area contributed by atoms with Crippen LogP contribution in [-0.4, -0.2) is 33.1 Å². The molecule has 0 aliphatic carbocycles. The van der Waals surface area contributed by atoms with E-state index in [1.165, 1.54) is 43.8 Å². The summed E-state index contributed by atoms with van der Waals surface area (Å²) in [6.45, 7) is 0. The molecule has 8 heteroatoms. The monoisotopic (exact) mass is 340 g/mol. The quantitative estimate of drug-likeness (QED) is 0.736. The average molecular weight is 340 g/mol. The molecule has 25 heavy (non-hydrogen) atoms. The maximum absolute atomic E-state index is 13.3. The predicted molar refractivity (Wildman–Crippen MR) is 88.5 cm³/mol. The van der Waals surface area contributed by atoms with Gasteiger partial charge >= 0.3 is 5.97 Å². The number of nitrogens with one attached hydrogen (secondary N) is 1. The molecule has 1 heterocycles. The minimum Gasteiger partial charge on any atom is -0.496 e. The van der Waals surface area contributed by atoms with Gasteiger partial charge in [0.15, 0.2) is 5.82 Å². The first-order valence-corrected chi connectivity index (χ1v) is 7.20. The van der Waals surface area contributed by atoms with Crippen molar-refractivity contribution in [3.63, 3.8) is 0 Å². The number of carboxylic acids is 1. The molecule has 0 radical (unpaired) electrons. The van der Waals surface area contributed by atoms with Gasteiger partial charge in [0.25, 0.3) is 0 Å². The zero-order valence-corrected chi connectivity index (χ0v) is 13.1. The standard InChI is InChI=1S/C17H13FN4O3/c1-25-14-8-11(18)4-7-13(14)15-19-9-20-17(22-15)21-12-5-2-10(3-6-12)16(23)24/h2-9H,1H3,(H,23,24)(H,19,20,21,22). The smallest absolute Gasteiger partial charge is 0.335 e. The summed E-state index contributed by atoms with van der Waals surface area (Å²) in [6.07, 6.45) is 1.32. The van der Waals surface area contributed by atoms with Crippen LogP contribution in [0.25, 0.3) is 11.4 Å². The van der Waals surface area contributed by atoms with Crippen LogP contribution in [0.5, 0.6) is 5.75 Å². The maximum Gasteiger partial charge on any atom is 0.335 e. The van der Waals surface area contributed by atoms with Crippen LogP contribution in [0, 0.1) is 5.82 Å². The number of halogens is 1. The fraction of sp³-hybridized carbons (Fsp3) is 0.0588. The van der Waals surface area contributed by atoms with Crippen molar-refractivity contribution in [1.29, 1.82) is 0 Å². The van der Waals surface area contributed by atoms with Crippen LogP contribution in [0.2, 0.25) is 0 Å². The minimum absolute atomic E-state index is 0.179. The molecule has 0 saturated heterocycles. The van der Waals surface area contributed by atoms with E-state index in [2.05, 4.69) is 20.3 Å². The van der Waals surface area contributed by atoms with Gasteiger partial charge in [0.1, 0.15) is 17.9 Å². The number of nitrogens with zero attached hydrogens (tertiary/aromatic N) is 3. The maximum atomic E-state index is 13.3. The zero-order chi connectivity index (χ0) is 17.8. The third-order valence-corrected chi connectivity index (χ3v) is 3.36. The van der Waals surface area contributed by atoms with Gasteiger partial charge in [-0.25, -0.2) is 19.2 Å². The van der Waals surface area contributed by atoms with E-state index in [1.54, 1.807) is 12.1 Å². The van der Waals surface area contributed by atoms with Crippen molar-refractivity contribution < 1.29 is 19.0 Å². The number of carboxylic acid groups (broad SMARTS) is 1. The number of rotatable bonds is 5. The van der Waals surface area contributed by atoms with Crippen molar-refractivity contribution in [1.82, 2.24) is 15.0 Å². The van der Waals surface area contributed by atoms with Gasteiger partial charge in [0, 0.05) is 11.8 Å². The molecule has 3 aromatic rings. The summed E-state index contributed by atoms with van der Waals surface area (Å²) in [5.74, 6) is -0.539. The number of aromatic nitrogens is 3. The normalized spacial score (nSPS) is 10.3. The Morgan fingerprint density at radius 2 is 1.92 bits per heavy atom. The molecule has 0 aliphatic rings. The van der Waals surface area contributed by atoms with Gasteiger partial charge in [-0.05, 0) is 36.4 Å². The van der Waals surface area contributed by atoms with Crippen LogP contribution < -0.4 is 10.1 Å². The lowest BCUT2D eigenvalue weighted by Crippen LogP contribution is -2.02. The van der Waals surface area contributed by atoms with Crippen molar-refractivity contribution in [3.05, 3.63) is 60.2 Å². The van der Waals surface area contributed by atoms with Crippen LogP contribution in [0.3, 0.4) is 0 Å².